The second-order valence-corrected chi connectivity index (χ2v) is 7.39. The summed E-state index contributed by atoms with van der Waals surface area (Å²) in [6.45, 7) is 3.15. The Bertz CT molecular complexity index is 638. The fraction of sp³-hybridized carbons (Fsp3) is 0.500. The first-order chi connectivity index (χ1) is 9.79. The maximum Gasteiger partial charge on any atom is 0.238 e. The van der Waals surface area contributed by atoms with Gasteiger partial charge in [0.1, 0.15) is 5.75 Å². The number of carbonyl (C=O) groups is 1. The summed E-state index contributed by atoms with van der Waals surface area (Å²) >= 11 is 0. The molecule has 0 unspecified atom stereocenters. The highest BCUT2D eigenvalue weighted by Crippen LogP contribution is 2.19. The topological polar surface area (TPSA) is 54.5 Å². The van der Waals surface area contributed by atoms with E-state index in [2.05, 4.69) is 6.92 Å². The third kappa shape index (κ3) is 3.78. The average Bonchev–Trinajstić information content (AvgIpc) is 2.42. The van der Waals surface area contributed by atoms with Crippen molar-refractivity contribution in [2.75, 3.05) is 18.8 Å². The minimum atomic E-state index is -3.96. The van der Waals surface area contributed by atoms with Crippen LogP contribution in [0, 0.1) is 17.6 Å². The molecule has 0 bridgehead atoms. The average molecular weight is 317 g/mol. The highest BCUT2D eigenvalue weighted by atomic mass is 32.2. The quantitative estimate of drug-likeness (QED) is 0.801. The van der Waals surface area contributed by atoms with Crippen LogP contribution < -0.4 is 0 Å². The van der Waals surface area contributed by atoms with Gasteiger partial charge in [-0.2, -0.15) is 0 Å². The summed E-state index contributed by atoms with van der Waals surface area (Å²) in [6, 6.07) is 2.32. The maximum absolute atomic E-state index is 13.1. The van der Waals surface area contributed by atoms with E-state index < -0.39 is 33.1 Å². The second-order valence-electron chi connectivity index (χ2n) is 5.40. The van der Waals surface area contributed by atoms with E-state index >= 15 is 0 Å². The zero-order valence-electron chi connectivity index (χ0n) is 11.7. The molecular weight excluding hydrogens is 300 g/mol. The van der Waals surface area contributed by atoms with E-state index in [4.69, 9.17) is 0 Å². The van der Waals surface area contributed by atoms with Gasteiger partial charge in [-0.05, 0) is 37.0 Å². The smallest absolute Gasteiger partial charge is 0.238 e. The predicted octanol–water partition coefficient (Wildman–Crippen LogP) is 2.00. The standard InChI is InChI=1S/C14H17F2NO3S/c1-10-4-6-17(7-5-10)14(18)9-21(19,20)11-2-3-12(15)13(16)8-11/h2-3,8,10H,4-7,9H2,1H3. The van der Waals surface area contributed by atoms with Gasteiger partial charge in [-0.25, -0.2) is 17.2 Å². The molecule has 1 aliphatic heterocycles. The number of benzene rings is 1. The van der Waals surface area contributed by atoms with Crippen molar-refractivity contribution in [1.82, 2.24) is 4.90 Å². The lowest BCUT2D eigenvalue weighted by Crippen LogP contribution is -2.41. The van der Waals surface area contributed by atoms with Gasteiger partial charge in [-0.15, -0.1) is 0 Å². The molecule has 1 aromatic carbocycles. The second kappa shape index (κ2) is 6.09. The van der Waals surface area contributed by atoms with Gasteiger partial charge < -0.3 is 4.90 Å². The number of hydrogen-bond donors (Lipinski definition) is 0. The SMILES string of the molecule is CC1CCN(C(=O)CS(=O)(=O)c2ccc(F)c(F)c2)CC1. The van der Waals surface area contributed by atoms with Crippen LogP contribution in [0.2, 0.25) is 0 Å². The molecule has 1 amide bonds. The molecule has 0 spiro atoms. The van der Waals surface area contributed by atoms with Crippen LogP contribution in [-0.2, 0) is 14.6 Å². The summed E-state index contributed by atoms with van der Waals surface area (Å²) in [4.78, 5) is 13.2. The van der Waals surface area contributed by atoms with Crippen LogP contribution in [0.5, 0.6) is 0 Å². The summed E-state index contributed by atoms with van der Waals surface area (Å²) in [7, 11) is -3.96. The molecule has 0 N–H and O–H groups in total. The Hall–Kier alpha value is -1.50. The third-order valence-corrected chi connectivity index (χ3v) is 5.30. The number of likely N-dealkylation sites (tertiary alicyclic amines) is 1. The first-order valence-corrected chi connectivity index (χ1v) is 8.40. The lowest BCUT2D eigenvalue weighted by molar-refractivity contribution is -0.129. The summed E-state index contributed by atoms with van der Waals surface area (Å²) in [5.41, 5.74) is 0. The first-order valence-electron chi connectivity index (χ1n) is 6.75. The van der Waals surface area contributed by atoms with Crippen LogP contribution in [-0.4, -0.2) is 38.1 Å². The molecule has 0 aromatic heterocycles. The first kappa shape index (κ1) is 15.9. The number of amides is 1. The number of halogens is 2. The molecule has 1 fully saturated rings. The number of carbonyl (C=O) groups excluding carboxylic acids is 1. The summed E-state index contributed by atoms with van der Waals surface area (Å²) in [5.74, 6) is -3.05. The Labute approximate surface area is 122 Å². The Morgan fingerprint density at radius 3 is 2.43 bits per heavy atom. The minimum Gasteiger partial charge on any atom is -0.342 e. The molecule has 1 aliphatic rings. The van der Waals surface area contributed by atoms with Gasteiger partial charge in [-0.1, -0.05) is 6.92 Å². The Morgan fingerprint density at radius 2 is 1.86 bits per heavy atom. The molecular formula is C14H17F2NO3S. The van der Waals surface area contributed by atoms with Crippen LogP contribution in [0.4, 0.5) is 8.78 Å². The minimum absolute atomic E-state index is 0.375. The maximum atomic E-state index is 13.1. The normalized spacial score (nSPS) is 17.0. The van der Waals surface area contributed by atoms with Gasteiger partial charge in [0, 0.05) is 13.1 Å². The molecule has 21 heavy (non-hydrogen) atoms. The van der Waals surface area contributed by atoms with Gasteiger partial charge in [-0.3, -0.25) is 4.79 Å². The fourth-order valence-corrected chi connectivity index (χ4v) is 3.50. The highest BCUT2D eigenvalue weighted by Gasteiger charge is 2.26. The fourth-order valence-electron chi connectivity index (χ4n) is 2.27. The van der Waals surface area contributed by atoms with Gasteiger partial charge in [0.2, 0.25) is 5.91 Å². The zero-order valence-corrected chi connectivity index (χ0v) is 12.5. The lowest BCUT2D eigenvalue weighted by atomic mass is 9.99. The van der Waals surface area contributed by atoms with Gasteiger partial charge >= 0.3 is 0 Å². The van der Waals surface area contributed by atoms with E-state index in [1.54, 1.807) is 0 Å². The number of hydrogen-bond acceptors (Lipinski definition) is 3. The molecule has 0 radical (unpaired) electrons. The molecule has 1 heterocycles. The molecule has 0 atom stereocenters. The van der Waals surface area contributed by atoms with E-state index in [1.165, 1.54) is 4.90 Å². The van der Waals surface area contributed by atoms with Crippen LogP contribution in [0.1, 0.15) is 19.8 Å². The van der Waals surface area contributed by atoms with Gasteiger partial charge in [0.05, 0.1) is 4.90 Å². The molecule has 7 heteroatoms. The lowest BCUT2D eigenvalue weighted by Gasteiger charge is -2.30. The van der Waals surface area contributed by atoms with Crippen molar-refractivity contribution in [3.63, 3.8) is 0 Å². The van der Waals surface area contributed by atoms with Crippen molar-refractivity contribution in [3.8, 4) is 0 Å². The summed E-state index contributed by atoms with van der Waals surface area (Å²) in [6.07, 6.45) is 1.69. The molecule has 0 saturated carbocycles. The molecule has 2 rings (SSSR count). The van der Waals surface area contributed by atoms with E-state index in [1.807, 2.05) is 0 Å². The molecule has 1 aromatic rings. The Kier molecular flexibility index (Phi) is 4.61. The molecule has 4 nitrogen and oxygen atoms in total. The largest absolute Gasteiger partial charge is 0.342 e. The van der Waals surface area contributed by atoms with Crippen molar-refractivity contribution in [1.29, 1.82) is 0 Å². The van der Waals surface area contributed by atoms with Crippen LogP contribution in [0.3, 0.4) is 0 Å². The van der Waals surface area contributed by atoms with E-state index in [-0.39, 0.29) is 4.90 Å². The zero-order chi connectivity index (χ0) is 15.6. The van der Waals surface area contributed by atoms with Crippen molar-refractivity contribution in [3.05, 3.63) is 29.8 Å². The van der Waals surface area contributed by atoms with Gasteiger partial charge in [0.15, 0.2) is 21.5 Å². The van der Waals surface area contributed by atoms with Crippen molar-refractivity contribution >= 4 is 15.7 Å². The predicted molar refractivity (Wildman–Crippen MR) is 73.4 cm³/mol. The van der Waals surface area contributed by atoms with E-state index in [9.17, 15) is 22.0 Å². The van der Waals surface area contributed by atoms with Crippen molar-refractivity contribution in [2.24, 2.45) is 5.92 Å². The third-order valence-electron chi connectivity index (χ3n) is 3.70. The van der Waals surface area contributed by atoms with Gasteiger partial charge in [0.25, 0.3) is 0 Å². The van der Waals surface area contributed by atoms with E-state index in [0.29, 0.717) is 25.1 Å². The van der Waals surface area contributed by atoms with Crippen molar-refractivity contribution < 1.29 is 22.0 Å². The highest BCUT2D eigenvalue weighted by molar-refractivity contribution is 7.92. The van der Waals surface area contributed by atoms with Crippen molar-refractivity contribution in [2.45, 2.75) is 24.7 Å². The number of sulfone groups is 1. The van der Waals surface area contributed by atoms with Crippen LogP contribution in [0.25, 0.3) is 0 Å². The number of piperidine rings is 1. The van der Waals surface area contributed by atoms with E-state index in [0.717, 1.165) is 25.0 Å². The summed E-state index contributed by atoms with van der Waals surface area (Å²) < 4.78 is 50.1. The number of nitrogens with zero attached hydrogens (tertiary/aromatic N) is 1. The van der Waals surface area contributed by atoms with Crippen LogP contribution in [0.15, 0.2) is 23.1 Å². The molecule has 1 saturated heterocycles. The molecule has 116 valence electrons. The monoisotopic (exact) mass is 317 g/mol. The van der Waals surface area contributed by atoms with Crippen LogP contribution >= 0.6 is 0 Å². The molecule has 0 aliphatic carbocycles. The number of rotatable bonds is 3. The Balaban J connectivity index is 2.10. The summed E-state index contributed by atoms with van der Waals surface area (Å²) in [5, 5.41) is 0. The Morgan fingerprint density at radius 1 is 1.24 bits per heavy atom.